The number of nitrogens with zero attached hydrogens (tertiary/aromatic N) is 1. The summed E-state index contributed by atoms with van der Waals surface area (Å²) in [4.78, 5) is 25.2. The van der Waals surface area contributed by atoms with Crippen molar-refractivity contribution in [1.29, 1.82) is 0 Å². The molecule has 1 aromatic carbocycles. The fraction of sp³-hybridized carbons (Fsp3) is 0.556. The predicted octanol–water partition coefficient (Wildman–Crippen LogP) is 2.59. The molecule has 0 unspecified atom stereocenters. The third-order valence-corrected chi connectivity index (χ3v) is 5.15. The molecule has 0 aromatic heterocycles. The highest BCUT2D eigenvalue weighted by atomic mass is 35.5. The summed E-state index contributed by atoms with van der Waals surface area (Å²) in [6.45, 7) is 5.75. The summed E-state index contributed by atoms with van der Waals surface area (Å²) < 4.78 is 31.9. The second-order valence-corrected chi connectivity index (χ2v) is 9.31. The van der Waals surface area contributed by atoms with Crippen LogP contribution in [0.4, 0.5) is 0 Å². The van der Waals surface area contributed by atoms with Crippen LogP contribution in [0.15, 0.2) is 29.2 Å². The van der Waals surface area contributed by atoms with Gasteiger partial charge in [-0.2, -0.15) is 0 Å². The van der Waals surface area contributed by atoms with Crippen LogP contribution >= 0.6 is 11.6 Å². The first-order valence-corrected chi connectivity index (χ1v) is 10.5. The number of nitrogens with one attached hydrogen (secondary N) is 1. The van der Waals surface area contributed by atoms with E-state index in [-0.39, 0.29) is 36.2 Å². The molecule has 0 aliphatic rings. The van der Waals surface area contributed by atoms with Gasteiger partial charge in [0.15, 0.2) is 0 Å². The number of carbonyl (C=O) groups excluding carboxylic acids is 2. The van der Waals surface area contributed by atoms with E-state index in [0.29, 0.717) is 18.0 Å². The van der Waals surface area contributed by atoms with Gasteiger partial charge in [-0.3, -0.25) is 9.59 Å². The normalized spacial score (nSPS) is 11.9. The van der Waals surface area contributed by atoms with E-state index in [9.17, 15) is 18.0 Å². The van der Waals surface area contributed by atoms with Crippen LogP contribution in [0.5, 0.6) is 0 Å². The van der Waals surface area contributed by atoms with Crippen LogP contribution in [0, 0.1) is 0 Å². The zero-order valence-electron chi connectivity index (χ0n) is 16.1. The molecular weight excluding hydrogens is 392 g/mol. The van der Waals surface area contributed by atoms with Crippen LogP contribution in [0.25, 0.3) is 0 Å². The predicted molar refractivity (Wildman–Crippen MR) is 104 cm³/mol. The number of esters is 1. The SMILES string of the molecule is CN(CCCC(=O)OC(C)(C)C)C(=O)CCNS(=O)(=O)c1cccc(Cl)c1. The molecule has 0 bridgehead atoms. The van der Waals surface area contributed by atoms with Crippen LogP contribution in [0.1, 0.15) is 40.0 Å². The number of carbonyl (C=O) groups is 2. The van der Waals surface area contributed by atoms with Gasteiger partial charge in [0.25, 0.3) is 0 Å². The highest BCUT2D eigenvalue weighted by Gasteiger charge is 2.18. The van der Waals surface area contributed by atoms with Crippen molar-refractivity contribution in [3.8, 4) is 0 Å². The molecule has 0 saturated heterocycles. The average molecular weight is 419 g/mol. The Kier molecular flexibility index (Phi) is 8.71. The maximum atomic E-state index is 12.2. The van der Waals surface area contributed by atoms with Crippen molar-refractivity contribution < 1.29 is 22.7 Å². The highest BCUT2D eigenvalue weighted by Crippen LogP contribution is 2.15. The van der Waals surface area contributed by atoms with E-state index in [2.05, 4.69) is 4.72 Å². The summed E-state index contributed by atoms with van der Waals surface area (Å²) >= 11 is 5.80. The van der Waals surface area contributed by atoms with E-state index in [1.165, 1.54) is 17.0 Å². The standard InChI is InChI=1S/C18H27ClN2O5S/c1-18(2,3)26-17(23)9-6-12-21(4)16(22)10-11-20-27(24,25)15-8-5-7-14(19)13-15/h5,7-8,13,20H,6,9-12H2,1-4H3. The van der Waals surface area contributed by atoms with Gasteiger partial charge in [0.2, 0.25) is 15.9 Å². The Morgan fingerprint density at radius 3 is 2.48 bits per heavy atom. The fourth-order valence-corrected chi connectivity index (χ4v) is 3.51. The first kappa shape index (κ1) is 23.4. The number of benzene rings is 1. The summed E-state index contributed by atoms with van der Waals surface area (Å²) in [5.74, 6) is -0.523. The number of hydrogen-bond acceptors (Lipinski definition) is 5. The molecule has 0 aliphatic heterocycles. The first-order valence-electron chi connectivity index (χ1n) is 8.62. The molecule has 1 amide bonds. The van der Waals surface area contributed by atoms with Crippen LogP contribution in [0.3, 0.4) is 0 Å². The lowest BCUT2D eigenvalue weighted by Gasteiger charge is -2.20. The van der Waals surface area contributed by atoms with Crippen molar-refractivity contribution in [3.05, 3.63) is 29.3 Å². The van der Waals surface area contributed by atoms with Crippen molar-refractivity contribution in [1.82, 2.24) is 9.62 Å². The van der Waals surface area contributed by atoms with Gasteiger partial charge in [-0.1, -0.05) is 17.7 Å². The monoisotopic (exact) mass is 418 g/mol. The molecule has 7 nitrogen and oxygen atoms in total. The van der Waals surface area contributed by atoms with Gasteiger partial charge in [0.1, 0.15) is 5.60 Å². The van der Waals surface area contributed by atoms with E-state index in [0.717, 1.165) is 0 Å². The molecule has 1 aromatic rings. The minimum Gasteiger partial charge on any atom is -0.460 e. The summed E-state index contributed by atoms with van der Waals surface area (Å²) in [5, 5.41) is 0.318. The summed E-state index contributed by atoms with van der Waals surface area (Å²) in [6, 6.07) is 5.89. The minimum atomic E-state index is -3.72. The zero-order valence-corrected chi connectivity index (χ0v) is 17.7. The topological polar surface area (TPSA) is 92.8 Å². The third-order valence-electron chi connectivity index (χ3n) is 3.46. The van der Waals surface area contributed by atoms with Crippen molar-refractivity contribution in [2.45, 2.75) is 50.5 Å². The Balaban J connectivity index is 2.36. The molecule has 0 saturated carbocycles. The fourth-order valence-electron chi connectivity index (χ4n) is 2.18. The minimum absolute atomic E-state index is 0.0166. The second-order valence-electron chi connectivity index (χ2n) is 7.11. The van der Waals surface area contributed by atoms with Gasteiger partial charge in [-0.25, -0.2) is 13.1 Å². The van der Waals surface area contributed by atoms with E-state index < -0.39 is 15.6 Å². The van der Waals surface area contributed by atoms with Crippen molar-refractivity contribution >= 4 is 33.5 Å². The van der Waals surface area contributed by atoms with Crippen LogP contribution in [-0.2, 0) is 24.3 Å². The molecule has 1 N–H and O–H groups in total. The van der Waals surface area contributed by atoms with Crippen LogP contribution in [-0.4, -0.2) is 50.9 Å². The molecular formula is C18H27ClN2O5S. The maximum absolute atomic E-state index is 12.2. The van der Waals surface area contributed by atoms with Gasteiger partial charge < -0.3 is 9.64 Å². The lowest BCUT2D eigenvalue weighted by atomic mass is 10.2. The van der Waals surface area contributed by atoms with Gasteiger partial charge in [0.05, 0.1) is 4.90 Å². The smallest absolute Gasteiger partial charge is 0.306 e. The Bertz CT molecular complexity index is 759. The van der Waals surface area contributed by atoms with E-state index in [4.69, 9.17) is 16.3 Å². The highest BCUT2D eigenvalue weighted by molar-refractivity contribution is 7.89. The third kappa shape index (κ3) is 9.21. The van der Waals surface area contributed by atoms with Crippen molar-refractivity contribution in [2.75, 3.05) is 20.1 Å². The van der Waals surface area contributed by atoms with Gasteiger partial charge in [0, 0.05) is 38.0 Å². The number of halogens is 1. The summed E-state index contributed by atoms with van der Waals surface area (Å²) in [5.41, 5.74) is -0.529. The maximum Gasteiger partial charge on any atom is 0.306 e. The van der Waals surface area contributed by atoms with Crippen LogP contribution < -0.4 is 4.72 Å². The van der Waals surface area contributed by atoms with Crippen molar-refractivity contribution in [2.24, 2.45) is 0 Å². The number of hydrogen-bond donors (Lipinski definition) is 1. The Morgan fingerprint density at radius 1 is 1.22 bits per heavy atom. The molecule has 0 radical (unpaired) electrons. The molecule has 0 fully saturated rings. The molecule has 0 spiro atoms. The van der Waals surface area contributed by atoms with Gasteiger partial charge in [-0.05, 0) is 45.4 Å². The lowest BCUT2D eigenvalue weighted by molar-refractivity contribution is -0.155. The largest absolute Gasteiger partial charge is 0.460 e. The van der Waals surface area contributed by atoms with Crippen LogP contribution in [0.2, 0.25) is 5.02 Å². The summed E-state index contributed by atoms with van der Waals surface area (Å²) in [6.07, 6.45) is 0.713. The molecule has 0 aliphatic carbocycles. The van der Waals surface area contributed by atoms with Crippen molar-refractivity contribution in [3.63, 3.8) is 0 Å². The molecule has 0 atom stereocenters. The van der Waals surface area contributed by atoms with E-state index in [1.807, 2.05) is 0 Å². The second kappa shape index (κ2) is 10.1. The Hall–Kier alpha value is -1.64. The zero-order chi connectivity index (χ0) is 20.7. The average Bonchev–Trinajstić information content (AvgIpc) is 2.52. The molecule has 0 heterocycles. The van der Waals surface area contributed by atoms with E-state index in [1.54, 1.807) is 40.0 Å². The Labute approximate surface area is 166 Å². The quantitative estimate of drug-likeness (QED) is 0.622. The molecule has 1 rings (SSSR count). The number of sulfonamides is 1. The molecule has 27 heavy (non-hydrogen) atoms. The molecule has 152 valence electrons. The molecule has 9 heteroatoms. The Morgan fingerprint density at radius 2 is 1.89 bits per heavy atom. The van der Waals surface area contributed by atoms with Gasteiger partial charge >= 0.3 is 5.97 Å². The number of ether oxygens (including phenoxy) is 1. The van der Waals surface area contributed by atoms with E-state index >= 15 is 0 Å². The summed E-state index contributed by atoms with van der Waals surface area (Å²) in [7, 11) is -2.10. The number of amides is 1. The number of rotatable bonds is 9. The van der Waals surface area contributed by atoms with Gasteiger partial charge in [-0.15, -0.1) is 0 Å². The first-order chi connectivity index (χ1) is 12.4. The lowest BCUT2D eigenvalue weighted by Crippen LogP contribution is -2.33.